The molecule has 1 atom stereocenters. The molecule has 108 valence electrons. The zero-order valence-corrected chi connectivity index (χ0v) is 12.2. The molecule has 0 saturated carbocycles. The van der Waals surface area contributed by atoms with Gasteiger partial charge in [-0.05, 0) is 12.5 Å². The molecule has 0 aromatic carbocycles. The summed E-state index contributed by atoms with van der Waals surface area (Å²) < 4.78 is 27.1. The summed E-state index contributed by atoms with van der Waals surface area (Å²) in [5.41, 5.74) is 5.46. The lowest BCUT2D eigenvalue weighted by molar-refractivity contribution is 0.539. The Labute approximate surface area is 121 Å². The maximum atomic E-state index is 12.3. The predicted molar refractivity (Wildman–Crippen MR) is 75.6 cm³/mol. The second kappa shape index (κ2) is 5.78. The monoisotopic (exact) mass is 315 g/mol. The average Bonchev–Trinajstić information content (AvgIpc) is 2.93. The highest BCUT2D eigenvalue weighted by molar-refractivity contribution is 7.89. The van der Waals surface area contributed by atoms with Crippen LogP contribution in [-0.2, 0) is 10.0 Å². The van der Waals surface area contributed by atoms with Gasteiger partial charge in [0.2, 0.25) is 10.0 Å². The summed E-state index contributed by atoms with van der Waals surface area (Å²) in [6.45, 7) is 1.85. The lowest BCUT2D eigenvalue weighted by Gasteiger charge is -2.15. The van der Waals surface area contributed by atoms with E-state index in [0.717, 1.165) is 0 Å². The zero-order chi connectivity index (χ0) is 14.8. The number of rotatable bonds is 5. The van der Waals surface area contributed by atoms with Crippen molar-refractivity contribution >= 4 is 27.4 Å². The molecule has 7 nitrogen and oxygen atoms in total. The van der Waals surface area contributed by atoms with Crippen molar-refractivity contribution in [2.75, 3.05) is 5.73 Å². The van der Waals surface area contributed by atoms with E-state index >= 15 is 0 Å². The van der Waals surface area contributed by atoms with Gasteiger partial charge in [0.05, 0.1) is 11.1 Å². The standard InChI is InChI=1S/C11H14ClN5O2S/c1-2-9(11-14-3-4-15-11)17-20(18,19)7-5-8(12)10(13)16-6-7/h3-6,9,17H,2H2,1H3,(H2,13,16)(H,14,15). The number of pyridine rings is 1. The summed E-state index contributed by atoms with van der Waals surface area (Å²) in [4.78, 5) is 10.6. The first kappa shape index (κ1) is 14.8. The third-order valence-corrected chi connectivity index (χ3v) is 4.45. The Morgan fingerprint density at radius 1 is 1.50 bits per heavy atom. The topological polar surface area (TPSA) is 114 Å². The number of aromatic amines is 1. The zero-order valence-electron chi connectivity index (χ0n) is 10.7. The third kappa shape index (κ3) is 3.09. The summed E-state index contributed by atoms with van der Waals surface area (Å²) in [6.07, 6.45) is 4.91. The van der Waals surface area contributed by atoms with E-state index in [4.69, 9.17) is 17.3 Å². The Morgan fingerprint density at radius 2 is 2.25 bits per heavy atom. The molecular formula is C11H14ClN5O2S. The Kier molecular flexibility index (Phi) is 4.26. The normalized spacial score (nSPS) is 13.3. The van der Waals surface area contributed by atoms with Crippen molar-refractivity contribution in [1.29, 1.82) is 0 Å². The van der Waals surface area contributed by atoms with Crippen molar-refractivity contribution < 1.29 is 8.42 Å². The fourth-order valence-corrected chi connectivity index (χ4v) is 3.12. The number of nitrogens with zero attached hydrogens (tertiary/aromatic N) is 2. The highest BCUT2D eigenvalue weighted by Crippen LogP contribution is 2.22. The quantitative estimate of drug-likeness (QED) is 0.773. The third-order valence-electron chi connectivity index (χ3n) is 2.71. The number of imidazole rings is 1. The molecule has 1 unspecified atom stereocenters. The minimum absolute atomic E-state index is 0.0401. The van der Waals surface area contributed by atoms with Crippen LogP contribution in [0.3, 0.4) is 0 Å². The number of nitrogens with one attached hydrogen (secondary N) is 2. The molecule has 2 aromatic rings. The summed E-state index contributed by atoms with van der Waals surface area (Å²) >= 11 is 5.79. The van der Waals surface area contributed by atoms with E-state index in [9.17, 15) is 8.42 Å². The van der Waals surface area contributed by atoms with Gasteiger partial charge < -0.3 is 10.7 Å². The smallest absolute Gasteiger partial charge is 0.242 e. The van der Waals surface area contributed by atoms with Gasteiger partial charge in [-0.2, -0.15) is 0 Å². The molecule has 0 radical (unpaired) electrons. The van der Waals surface area contributed by atoms with Gasteiger partial charge in [-0.1, -0.05) is 18.5 Å². The van der Waals surface area contributed by atoms with Crippen LogP contribution in [0.2, 0.25) is 5.02 Å². The van der Waals surface area contributed by atoms with Gasteiger partial charge in [-0.25, -0.2) is 23.1 Å². The van der Waals surface area contributed by atoms with E-state index in [1.807, 2.05) is 6.92 Å². The number of hydrogen-bond acceptors (Lipinski definition) is 5. The van der Waals surface area contributed by atoms with Crippen molar-refractivity contribution in [3.8, 4) is 0 Å². The highest BCUT2D eigenvalue weighted by atomic mass is 35.5. The fraction of sp³-hybridized carbons (Fsp3) is 0.273. The van der Waals surface area contributed by atoms with Crippen LogP contribution in [0.15, 0.2) is 29.6 Å². The Hall–Kier alpha value is -1.64. The molecule has 0 spiro atoms. The van der Waals surface area contributed by atoms with E-state index in [-0.39, 0.29) is 15.7 Å². The molecule has 0 fully saturated rings. The largest absolute Gasteiger partial charge is 0.382 e. The van der Waals surface area contributed by atoms with E-state index < -0.39 is 16.1 Å². The van der Waals surface area contributed by atoms with E-state index in [1.54, 1.807) is 12.4 Å². The van der Waals surface area contributed by atoms with Crippen molar-refractivity contribution in [3.63, 3.8) is 0 Å². The lowest BCUT2D eigenvalue weighted by atomic mass is 10.2. The van der Waals surface area contributed by atoms with Crippen LogP contribution in [0.5, 0.6) is 0 Å². The van der Waals surface area contributed by atoms with Crippen molar-refractivity contribution in [2.45, 2.75) is 24.3 Å². The molecule has 0 aliphatic heterocycles. The summed E-state index contributed by atoms with van der Waals surface area (Å²) in [7, 11) is -3.75. The van der Waals surface area contributed by atoms with Gasteiger partial charge in [0, 0.05) is 18.6 Å². The van der Waals surface area contributed by atoms with Gasteiger partial charge in [0.15, 0.2) is 0 Å². The average molecular weight is 316 g/mol. The van der Waals surface area contributed by atoms with Crippen molar-refractivity contribution in [3.05, 3.63) is 35.5 Å². The first-order chi connectivity index (χ1) is 9.44. The molecule has 4 N–H and O–H groups in total. The van der Waals surface area contributed by atoms with E-state index in [1.165, 1.54) is 12.3 Å². The highest BCUT2D eigenvalue weighted by Gasteiger charge is 2.22. The molecule has 2 heterocycles. The van der Waals surface area contributed by atoms with E-state index in [2.05, 4.69) is 19.7 Å². The van der Waals surface area contributed by atoms with Gasteiger partial charge in [-0.3, -0.25) is 0 Å². The van der Waals surface area contributed by atoms with Crippen LogP contribution in [0.25, 0.3) is 0 Å². The lowest BCUT2D eigenvalue weighted by Crippen LogP contribution is -2.29. The molecule has 0 bridgehead atoms. The second-order valence-corrected chi connectivity index (χ2v) is 6.22. The molecule has 2 aromatic heterocycles. The summed E-state index contributed by atoms with van der Waals surface area (Å²) in [6, 6.07) is 0.812. The number of nitrogen functional groups attached to an aromatic ring is 1. The van der Waals surface area contributed by atoms with Gasteiger partial charge >= 0.3 is 0 Å². The summed E-state index contributed by atoms with van der Waals surface area (Å²) in [5, 5.41) is 0.0962. The van der Waals surface area contributed by atoms with Crippen LogP contribution in [0, 0.1) is 0 Å². The molecule has 0 amide bonds. The van der Waals surface area contributed by atoms with Crippen LogP contribution in [0.4, 0.5) is 5.82 Å². The maximum Gasteiger partial charge on any atom is 0.242 e. The molecule has 20 heavy (non-hydrogen) atoms. The minimum Gasteiger partial charge on any atom is -0.382 e. The number of halogens is 1. The Bertz CT molecular complexity index is 687. The SMILES string of the molecule is CCC(NS(=O)(=O)c1cnc(N)c(Cl)c1)c1ncc[nH]1. The molecule has 2 rings (SSSR count). The molecule has 0 aliphatic rings. The number of nitrogens with two attached hydrogens (primary N) is 1. The number of anilines is 1. The molecule has 9 heteroatoms. The van der Waals surface area contributed by atoms with Crippen LogP contribution in [0.1, 0.15) is 25.2 Å². The molecule has 0 aliphatic carbocycles. The summed E-state index contributed by atoms with van der Waals surface area (Å²) in [5.74, 6) is 0.634. The van der Waals surface area contributed by atoms with Gasteiger partial charge in [0.25, 0.3) is 0 Å². The van der Waals surface area contributed by atoms with Crippen LogP contribution >= 0.6 is 11.6 Å². The van der Waals surface area contributed by atoms with Crippen LogP contribution < -0.4 is 10.5 Å². The number of aromatic nitrogens is 3. The Balaban J connectivity index is 2.28. The number of hydrogen-bond donors (Lipinski definition) is 3. The predicted octanol–water partition coefficient (Wildman–Crippen LogP) is 1.47. The van der Waals surface area contributed by atoms with Crippen molar-refractivity contribution in [1.82, 2.24) is 19.7 Å². The number of H-pyrrole nitrogens is 1. The van der Waals surface area contributed by atoms with Gasteiger partial charge in [0.1, 0.15) is 16.5 Å². The second-order valence-electron chi connectivity index (χ2n) is 4.09. The van der Waals surface area contributed by atoms with Crippen LogP contribution in [-0.4, -0.2) is 23.4 Å². The molecular weight excluding hydrogens is 302 g/mol. The molecule has 0 saturated heterocycles. The minimum atomic E-state index is -3.75. The first-order valence-electron chi connectivity index (χ1n) is 5.86. The fourth-order valence-electron chi connectivity index (χ4n) is 1.63. The van der Waals surface area contributed by atoms with Crippen molar-refractivity contribution in [2.24, 2.45) is 0 Å². The number of sulfonamides is 1. The van der Waals surface area contributed by atoms with Gasteiger partial charge in [-0.15, -0.1) is 0 Å². The Morgan fingerprint density at radius 3 is 2.80 bits per heavy atom. The first-order valence-corrected chi connectivity index (χ1v) is 7.72. The maximum absolute atomic E-state index is 12.3. The van der Waals surface area contributed by atoms with E-state index in [0.29, 0.717) is 12.2 Å².